The second-order valence-corrected chi connectivity index (χ2v) is 5.64. The predicted molar refractivity (Wildman–Crippen MR) is 85.9 cm³/mol. The van der Waals surface area contributed by atoms with E-state index in [2.05, 4.69) is 20.3 Å². The van der Waals surface area contributed by atoms with Crippen molar-refractivity contribution in [2.24, 2.45) is 0 Å². The number of phenolic OH excluding ortho intramolecular Hbond substituents is 1. The number of benzene rings is 1. The summed E-state index contributed by atoms with van der Waals surface area (Å²) in [5, 5.41) is 12.7. The Morgan fingerprint density at radius 3 is 2.83 bits per heavy atom. The molecule has 23 heavy (non-hydrogen) atoms. The van der Waals surface area contributed by atoms with Gasteiger partial charge in [-0.15, -0.1) is 0 Å². The summed E-state index contributed by atoms with van der Waals surface area (Å²) in [5.41, 5.74) is 2.03. The molecule has 0 bridgehead atoms. The van der Waals surface area contributed by atoms with Gasteiger partial charge in [0.15, 0.2) is 17.0 Å². The van der Waals surface area contributed by atoms with E-state index < -0.39 is 0 Å². The summed E-state index contributed by atoms with van der Waals surface area (Å²) in [6.45, 7) is 0.738. The van der Waals surface area contributed by atoms with Crippen LogP contribution in [0.25, 0.3) is 11.2 Å². The molecule has 4 rings (SSSR count). The van der Waals surface area contributed by atoms with Crippen LogP contribution in [0.1, 0.15) is 19.1 Å². The summed E-state index contributed by atoms with van der Waals surface area (Å²) >= 11 is 6.07. The largest absolute Gasteiger partial charge is 0.508 e. The highest BCUT2D eigenvalue weighted by Gasteiger charge is 2.22. The van der Waals surface area contributed by atoms with Crippen LogP contribution in [0.2, 0.25) is 5.28 Å². The van der Waals surface area contributed by atoms with Crippen molar-refractivity contribution in [2.75, 3.05) is 11.9 Å². The molecule has 1 aromatic carbocycles. The van der Waals surface area contributed by atoms with Crippen LogP contribution in [0.4, 0.5) is 11.5 Å². The number of hydrogen-bond acceptors (Lipinski definition) is 6. The van der Waals surface area contributed by atoms with Crippen LogP contribution in [-0.2, 0) is 4.74 Å². The molecule has 2 N–H and O–H groups in total. The highest BCUT2D eigenvalue weighted by Crippen LogP contribution is 2.30. The lowest BCUT2D eigenvalue weighted by molar-refractivity contribution is 0.0593. The Kier molecular flexibility index (Phi) is 3.51. The van der Waals surface area contributed by atoms with Crippen molar-refractivity contribution in [3.63, 3.8) is 0 Å². The van der Waals surface area contributed by atoms with Gasteiger partial charge in [-0.1, -0.05) is 0 Å². The molecule has 8 heteroatoms. The van der Waals surface area contributed by atoms with Crippen LogP contribution in [-0.4, -0.2) is 31.2 Å². The van der Waals surface area contributed by atoms with Gasteiger partial charge in [0.25, 0.3) is 0 Å². The first-order valence-electron chi connectivity index (χ1n) is 7.28. The Balaban J connectivity index is 1.75. The van der Waals surface area contributed by atoms with Crippen molar-refractivity contribution in [2.45, 2.75) is 19.1 Å². The number of aromatic hydroxyl groups is 1. The fourth-order valence-electron chi connectivity index (χ4n) is 2.65. The number of fused-ring (bicyclic) bond motifs is 1. The minimum Gasteiger partial charge on any atom is -0.508 e. The van der Waals surface area contributed by atoms with Gasteiger partial charge in [0.2, 0.25) is 5.28 Å². The number of rotatable bonds is 3. The molecule has 1 fully saturated rings. The molecule has 1 aliphatic heterocycles. The van der Waals surface area contributed by atoms with Crippen LogP contribution < -0.4 is 5.32 Å². The molecule has 118 valence electrons. The van der Waals surface area contributed by atoms with Gasteiger partial charge in [0.1, 0.15) is 12.0 Å². The van der Waals surface area contributed by atoms with Crippen molar-refractivity contribution in [1.29, 1.82) is 0 Å². The third kappa shape index (κ3) is 2.69. The number of aromatic nitrogens is 4. The smallest absolute Gasteiger partial charge is 0.226 e. The van der Waals surface area contributed by atoms with E-state index in [1.807, 2.05) is 4.57 Å². The zero-order chi connectivity index (χ0) is 15.8. The maximum absolute atomic E-state index is 9.36. The lowest BCUT2D eigenvalue weighted by Gasteiger charge is -2.12. The molecule has 1 saturated heterocycles. The maximum atomic E-state index is 9.36. The zero-order valence-corrected chi connectivity index (χ0v) is 12.9. The first-order valence-corrected chi connectivity index (χ1v) is 7.66. The molecule has 1 unspecified atom stereocenters. The minimum atomic E-state index is -0.0625. The van der Waals surface area contributed by atoms with Crippen molar-refractivity contribution in [1.82, 2.24) is 19.5 Å². The average Bonchev–Trinajstić information content (AvgIpc) is 3.18. The summed E-state index contributed by atoms with van der Waals surface area (Å²) in [7, 11) is 0. The van der Waals surface area contributed by atoms with Gasteiger partial charge >= 0.3 is 0 Å². The summed E-state index contributed by atoms with van der Waals surface area (Å²) in [6, 6.07) is 6.67. The average molecular weight is 332 g/mol. The molecule has 0 aliphatic carbocycles. The van der Waals surface area contributed by atoms with Crippen molar-refractivity contribution < 1.29 is 9.84 Å². The van der Waals surface area contributed by atoms with Crippen molar-refractivity contribution >= 4 is 34.3 Å². The monoisotopic (exact) mass is 331 g/mol. The van der Waals surface area contributed by atoms with Crippen LogP contribution in [0, 0.1) is 0 Å². The third-order valence-corrected chi connectivity index (χ3v) is 3.91. The summed E-state index contributed by atoms with van der Waals surface area (Å²) < 4.78 is 7.57. The normalized spacial score (nSPS) is 17.7. The molecule has 1 aliphatic rings. The van der Waals surface area contributed by atoms with Gasteiger partial charge in [0, 0.05) is 12.3 Å². The number of ether oxygens (including phenoxy) is 1. The molecule has 0 saturated carbocycles. The second kappa shape index (κ2) is 5.68. The third-order valence-electron chi connectivity index (χ3n) is 3.74. The topological polar surface area (TPSA) is 85.1 Å². The summed E-state index contributed by atoms with van der Waals surface area (Å²) in [4.78, 5) is 12.9. The van der Waals surface area contributed by atoms with Gasteiger partial charge < -0.3 is 15.2 Å². The number of anilines is 2. The number of imidazole rings is 1. The summed E-state index contributed by atoms with van der Waals surface area (Å²) in [5.74, 6) is 0.714. The van der Waals surface area contributed by atoms with Crippen molar-refractivity contribution in [3.05, 3.63) is 35.9 Å². The molecule has 0 radical (unpaired) electrons. The minimum absolute atomic E-state index is 0.0625. The van der Waals surface area contributed by atoms with Crippen LogP contribution in [0.5, 0.6) is 5.75 Å². The van der Waals surface area contributed by atoms with E-state index in [9.17, 15) is 5.11 Å². The fraction of sp³-hybridized carbons (Fsp3) is 0.267. The van der Waals surface area contributed by atoms with E-state index in [0.717, 1.165) is 25.1 Å². The van der Waals surface area contributed by atoms with Gasteiger partial charge in [-0.3, -0.25) is 4.57 Å². The quantitative estimate of drug-likeness (QED) is 0.566. The fourth-order valence-corrected chi connectivity index (χ4v) is 2.81. The highest BCUT2D eigenvalue weighted by molar-refractivity contribution is 6.28. The Hall–Kier alpha value is -2.38. The summed E-state index contributed by atoms with van der Waals surface area (Å²) in [6.07, 6.45) is 3.58. The molecule has 3 heterocycles. The first kappa shape index (κ1) is 14.2. The Bertz CT molecular complexity index is 843. The lowest BCUT2D eigenvalue weighted by Crippen LogP contribution is -2.07. The number of phenols is 1. The molecule has 0 spiro atoms. The zero-order valence-electron chi connectivity index (χ0n) is 12.1. The maximum Gasteiger partial charge on any atom is 0.226 e. The molecule has 7 nitrogen and oxygen atoms in total. The molecular formula is C15H14ClN5O2. The van der Waals surface area contributed by atoms with Gasteiger partial charge in [-0.05, 0) is 48.7 Å². The molecule has 3 aromatic rings. The second-order valence-electron chi connectivity index (χ2n) is 5.30. The Labute approximate surface area is 136 Å². The van der Waals surface area contributed by atoms with Gasteiger partial charge in [0.05, 0.1) is 6.33 Å². The number of halogens is 1. The Morgan fingerprint density at radius 2 is 2.09 bits per heavy atom. The SMILES string of the molecule is Oc1ccc(Nc2nc(Cl)nc3c2ncn3C2CCCO2)cc1. The Morgan fingerprint density at radius 1 is 1.26 bits per heavy atom. The predicted octanol–water partition coefficient (Wildman–Crippen LogP) is 3.24. The van der Waals surface area contributed by atoms with E-state index >= 15 is 0 Å². The van der Waals surface area contributed by atoms with Crippen LogP contribution in [0.3, 0.4) is 0 Å². The van der Waals surface area contributed by atoms with E-state index in [1.54, 1.807) is 30.6 Å². The van der Waals surface area contributed by atoms with E-state index in [4.69, 9.17) is 16.3 Å². The van der Waals surface area contributed by atoms with Gasteiger partial charge in [-0.2, -0.15) is 9.97 Å². The first-order chi connectivity index (χ1) is 11.2. The number of nitrogens with zero attached hydrogens (tertiary/aromatic N) is 4. The van der Waals surface area contributed by atoms with E-state index in [1.165, 1.54) is 0 Å². The van der Waals surface area contributed by atoms with E-state index in [-0.39, 0.29) is 17.3 Å². The lowest BCUT2D eigenvalue weighted by atomic mass is 10.3. The molecule has 1 atom stereocenters. The highest BCUT2D eigenvalue weighted by atomic mass is 35.5. The van der Waals surface area contributed by atoms with Crippen LogP contribution in [0.15, 0.2) is 30.6 Å². The number of hydrogen-bond donors (Lipinski definition) is 2. The van der Waals surface area contributed by atoms with Gasteiger partial charge in [-0.25, -0.2) is 4.98 Å². The van der Waals surface area contributed by atoms with Crippen molar-refractivity contribution in [3.8, 4) is 5.75 Å². The molecular weight excluding hydrogens is 318 g/mol. The van der Waals surface area contributed by atoms with E-state index in [0.29, 0.717) is 17.0 Å². The molecule has 0 amide bonds. The molecule has 2 aromatic heterocycles. The number of nitrogens with one attached hydrogen (secondary N) is 1. The van der Waals surface area contributed by atoms with Crippen LogP contribution >= 0.6 is 11.6 Å². The standard InChI is InChI=1S/C15H14ClN5O2/c16-15-19-13(18-9-3-5-10(22)6-4-9)12-14(20-15)21(8-17-12)11-2-1-7-23-11/h3-6,8,11,22H,1-2,7H2,(H,18,19,20).